The maximum Gasteiger partial charge on any atom is 0.0434 e. The van der Waals surface area contributed by atoms with Gasteiger partial charge in [0.1, 0.15) is 0 Å². The first-order valence-corrected chi connectivity index (χ1v) is 13.4. The molecule has 0 saturated carbocycles. The molecule has 3 heteroatoms. The standard InChI is InChI=1S/C28H24S3/c1-3-19-5-9-21(10-6-19)27-25(23-13-15-29-17-23)26(24-14-16-30-18-24)28(31-27)22-11-7-20(4-2)8-12-22/h5-18H,3-4H2,1-2H3. The zero-order valence-electron chi connectivity index (χ0n) is 17.7. The number of hydrogen-bond acceptors (Lipinski definition) is 3. The monoisotopic (exact) mass is 456 g/mol. The Balaban J connectivity index is 1.79. The molecule has 0 bridgehead atoms. The van der Waals surface area contributed by atoms with Gasteiger partial charge in [0, 0.05) is 20.9 Å². The summed E-state index contributed by atoms with van der Waals surface area (Å²) in [6, 6.07) is 22.8. The average Bonchev–Trinajstić information content (AvgIpc) is 3.59. The van der Waals surface area contributed by atoms with Crippen LogP contribution in [0, 0.1) is 0 Å². The van der Waals surface area contributed by atoms with Crippen molar-refractivity contribution in [2.45, 2.75) is 26.7 Å². The molecular formula is C28H24S3. The van der Waals surface area contributed by atoms with Gasteiger partial charge in [0.05, 0.1) is 0 Å². The Morgan fingerprint density at radius 1 is 0.516 bits per heavy atom. The predicted octanol–water partition coefficient (Wildman–Crippen LogP) is 9.66. The lowest BCUT2D eigenvalue weighted by molar-refractivity contribution is 1.14. The van der Waals surface area contributed by atoms with E-state index < -0.39 is 0 Å². The second kappa shape index (κ2) is 8.96. The molecule has 5 aromatic rings. The van der Waals surface area contributed by atoms with Crippen molar-refractivity contribution >= 4 is 34.0 Å². The van der Waals surface area contributed by atoms with Crippen molar-refractivity contribution in [1.29, 1.82) is 0 Å². The second-order valence-electron chi connectivity index (χ2n) is 7.64. The third-order valence-corrected chi connectivity index (χ3v) is 8.43. The van der Waals surface area contributed by atoms with Crippen LogP contribution in [0.5, 0.6) is 0 Å². The van der Waals surface area contributed by atoms with Crippen molar-refractivity contribution < 1.29 is 0 Å². The molecule has 0 aliphatic heterocycles. The Hall–Kier alpha value is -2.46. The van der Waals surface area contributed by atoms with Gasteiger partial charge in [-0.3, -0.25) is 0 Å². The molecular weight excluding hydrogens is 433 g/mol. The van der Waals surface area contributed by atoms with Crippen molar-refractivity contribution in [3.63, 3.8) is 0 Å². The molecule has 0 fully saturated rings. The van der Waals surface area contributed by atoms with Gasteiger partial charge in [0.15, 0.2) is 0 Å². The summed E-state index contributed by atoms with van der Waals surface area (Å²) in [6.45, 7) is 4.42. The molecule has 5 rings (SSSR count). The van der Waals surface area contributed by atoms with E-state index in [1.807, 2.05) is 11.3 Å². The van der Waals surface area contributed by atoms with Gasteiger partial charge in [-0.1, -0.05) is 62.4 Å². The van der Waals surface area contributed by atoms with E-state index in [4.69, 9.17) is 0 Å². The van der Waals surface area contributed by atoms with Crippen molar-refractivity contribution in [3.8, 4) is 43.1 Å². The summed E-state index contributed by atoms with van der Waals surface area (Å²) in [5.41, 5.74) is 10.7. The number of aryl methyl sites for hydroxylation is 2. The smallest absolute Gasteiger partial charge is 0.0434 e. The van der Waals surface area contributed by atoms with E-state index in [1.165, 1.54) is 54.3 Å². The average molecular weight is 457 g/mol. The molecule has 2 aromatic carbocycles. The van der Waals surface area contributed by atoms with Gasteiger partial charge in [-0.15, -0.1) is 11.3 Å². The topological polar surface area (TPSA) is 0 Å². The fraction of sp³-hybridized carbons (Fsp3) is 0.143. The minimum Gasteiger partial charge on any atom is -0.152 e. The van der Waals surface area contributed by atoms with E-state index in [9.17, 15) is 0 Å². The molecule has 0 unspecified atom stereocenters. The molecule has 154 valence electrons. The van der Waals surface area contributed by atoms with Crippen LogP contribution in [0.2, 0.25) is 0 Å². The first-order chi connectivity index (χ1) is 15.3. The third kappa shape index (κ3) is 3.94. The summed E-state index contributed by atoms with van der Waals surface area (Å²) in [4.78, 5) is 2.72. The van der Waals surface area contributed by atoms with E-state index in [0.29, 0.717) is 0 Å². The lowest BCUT2D eigenvalue weighted by atomic mass is 9.93. The highest BCUT2D eigenvalue weighted by Crippen LogP contribution is 2.52. The van der Waals surface area contributed by atoms with E-state index in [-0.39, 0.29) is 0 Å². The van der Waals surface area contributed by atoms with Gasteiger partial charge in [-0.05, 0) is 79.9 Å². The van der Waals surface area contributed by atoms with Crippen LogP contribution < -0.4 is 0 Å². The van der Waals surface area contributed by atoms with Gasteiger partial charge >= 0.3 is 0 Å². The van der Waals surface area contributed by atoms with Gasteiger partial charge in [0.25, 0.3) is 0 Å². The van der Waals surface area contributed by atoms with Crippen LogP contribution in [0.1, 0.15) is 25.0 Å². The van der Waals surface area contributed by atoms with Gasteiger partial charge < -0.3 is 0 Å². The van der Waals surface area contributed by atoms with E-state index in [0.717, 1.165) is 12.8 Å². The molecule has 0 saturated heterocycles. The lowest BCUT2D eigenvalue weighted by Gasteiger charge is -2.08. The fourth-order valence-corrected chi connectivity index (χ4v) is 6.64. The highest BCUT2D eigenvalue weighted by atomic mass is 32.1. The van der Waals surface area contributed by atoms with Gasteiger partial charge in [-0.25, -0.2) is 0 Å². The van der Waals surface area contributed by atoms with Crippen LogP contribution in [-0.2, 0) is 12.8 Å². The Kier molecular flexibility index (Phi) is 5.91. The Bertz CT molecular complexity index is 1150. The molecule has 3 aromatic heterocycles. The molecule has 0 aliphatic carbocycles. The molecule has 0 radical (unpaired) electrons. The van der Waals surface area contributed by atoms with Crippen molar-refractivity contribution in [1.82, 2.24) is 0 Å². The summed E-state index contributed by atoms with van der Waals surface area (Å²) in [7, 11) is 0. The van der Waals surface area contributed by atoms with Crippen LogP contribution in [0.4, 0.5) is 0 Å². The van der Waals surface area contributed by atoms with Crippen LogP contribution in [-0.4, -0.2) is 0 Å². The molecule has 0 amide bonds. The van der Waals surface area contributed by atoms with E-state index >= 15 is 0 Å². The van der Waals surface area contributed by atoms with Crippen molar-refractivity contribution in [2.75, 3.05) is 0 Å². The number of rotatable bonds is 6. The normalized spacial score (nSPS) is 11.2. The molecule has 0 atom stereocenters. The highest BCUT2D eigenvalue weighted by Gasteiger charge is 2.23. The summed E-state index contributed by atoms with van der Waals surface area (Å²) < 4.78 is 0. The molecule has 0 N–H and O–H groups in total. The summed E-state index contributed by atoms with van der Waals surface area (Å²) in [5.74, 6) is 0. The van der Waals surface area contributed by atoms with Crippen molar-refractivity contribution in [3.05, 3.63) is 93.3 Å². The zero-order chi connectivity index (χ0) is 21.2. The maximum atomic E-state index is 2.29. The molecule has 0 nitrogen and oxygen atoms in total. The number of thiophene rings is 3. The summed E-state index contributed by atoms with van der Waals surface area (Å²) >= 11 is 5.46. The number of hydrogen-bond donors (Lipinski definition) is 0. The van der Waals surface area contributed by atoms with Crippen molar-refractivity contribution in [2.24, 2.45) is 0 Å². The fourth-order valence-electron chi connectivity index (χ4n) is 3.99. The second-order valence-corrected chi connectivity index (χ2v) is 10.2. The van der Waals surface area contributed by atoms with E-state index in [2.05, 4.69) is 96.0 Å². The Morgan fingerprint density at radius 3 is 1.26 bits per heavy atom. The minimum atomic E-state index is 1.07. The van der Waals surface area contributed by atoms with Gasteiger partial charge in [0.2, 0.25) is 0 Å². The number of benzene rings is 2. The first-order valence-electron chi connectivity index (χ1n) is 10.7. The molecule has 31 heavy (non-hydrogen) atoms. The summed E-state index contributed by atoms with van der Waals surface area (Å²) in [6.07, 6.45) is 2.13. The lowest BCUT2D eigenvalue weighted by Crippen LogP contribution is -1.84. The SMILES string of the molecule is CCc1ccc(-c2sc(-c3ccc(CC)cc3)c(-c3ccsc3)c2-c2ccsc2)cc1. The Labute approximate surface area is 196 Å². The highest BCUT2D eigenvalue weighted by molar-refractivity contribution is 7.20. The first kappa shape index (κ1) is 20.4. The zero-order valence-corrected chi connectivity index (χ0v) is 20.2. The molecule has 0 aliphatic rings. The quantitative estimate of drug-likeness (QED) is 0.238. The molecule has 0 spiro atoms. The minimum absolute atomic E-state index is 1.07. The largest absolute Gasteiger partial charge is 0.152 e. The van der Waals surface area contributed by atoms with Gasteiger partial charge in [-0.2, -0.15) is 22.7 Å². The summed E-state index contributed by atoms with van der Waals surface area (Å²) in [5, 5.41) is 8.94. The van der Waals surface area contributed by atoms with Crippen LogP contribution in [0.15, 0.2) is 82.2 Å². The van der Waals surface area contributed by atoms with E-state index in [1.54, 1.807) is 22.7 Å². The maximum absolute atomic E-state index is 2.29. The van der Waals surface area contributed by atoms with Crippen LogP contribution in [0.3, 0.4) is 0 Å². The molecule has 3 heterocycles. The third-order valence-electron chi connectivity index (χ3n) is 5.78. The van der Waals surface area contributed by atoms with Crippen LogP contribution in [0.25, 0.3) is 43.1 Å². The Morgan fingerprint density at radius 2 is 0.935 bits per heavy atom. The predicted molar refractivity (Wildman–Crippen MR) is 141 cm³/mol. The van der Waals surface area contributed by atoms with Crippen LogP contribution >= 0.6 is 34.0 Å².